The van der Waals surface area contributed by atoms with E-state index in [1.54, 1.807) is 0 Å². The zero-order valence-corrected chi connectivity index (χ0v) is 8.72. The average Bonchev–Trinajstić information content (AvgIpc) is 2.50. The molecule has 0 saturated carbocycles. The van der Waals surface area contributed by atoms with Crippen LogP contribution in [0.5, 0.6) is 0 Å². The van der Waals surface area contributed by atoms with Crippen molar-refractivity contribution in [2.45, 2.75) is 6.92 Å². The number of rotatable bonds is 1. The van der Waals surface area contributed by atoms with Crippen LogP contribution in [0.1, 0.15) is 5.56 Å². The maximum atomic E-state index is 4.52. The number of nitrogens with zero attached hydrogens (tertiary/aromatic N) is 1. The fourth-order valence-corrected chi connectivity index (χ4v) is 1.34. The van der Waals surface area contributed by atoms with Gasteiger partial charge in [-0.25, -0.2) is 4.99 Å². The van der Waals surface area contributed by atoms with Crippen LogP contribution in [-0.2, 0) is 0 Å². The molecule has 0 atom stereocenters. The fraction of sp³-hybridized carbons (Fsp3) is 0.0714. The lowest BCUT2D eigenvalue weighted by Crippen LogP contribution is -1.93. The van der Waals surface area contributed by atoms with Gasteiger partial charge in [-0.15, -0.1) is 0 Å². The highest BCUT2D eigenvalue weighted by atomic mass is 14.7. The minimum atomic E-state index is 0.976. The molecule has 0 bridgehead atoms. The first-order valence-electron chi connectivity index (χ1n) is 5.01. The molecule has 0 fully saturated rings. The molecule has 0 aliphatic carbocycles. The third-order valence-corrected chi connectivity index (χ3v) is 2.16. The highest BCUT2D eigenvalue weighted by molar-refractivity contribution is 5.38. The summed E-state index contributed by atoms with van der Waals surface area (Å²) in [4.78, 5) is 4.52. The van der Waals surface area contributed by atoms with Crippen molar-refractivity contribution in [1.29, 1.82) is 0 Å². The van der Waals surface area contributed by atoms with E-state index in [2.05, 4.69) is 24.0 Å². The normalized spacial score (nSPS) is 9.67. The highest BCUT2D eigenvalue weighted by Crippen LogP contribution is 2.10. The molecule has 2 rings (SSSR count). The van der Waals surface area contributed by atoms with Crippen molar-refractivity contribution in [2.75, 3.05) is 0 Å². The fourth-order valence-electron chi connectivity index (χ4n) is 1.34. The van der Waals surface area contributed by atoms with Crippen molar-refractivity contribution in [3.8, 4) is 0 Å². The van der Waals surface area contributed by atoms with Gasteiger partial charge in [0.05, 0.1) is 11.0 Å². The molecule has 0 amide bonds. The van der Waals surface area contributed by atoms with Crippen LogP contribution in [0.3, 0.4) is 0 Å². The van der Waals surface area contributed by atoms with Crippen molar-refractivity contribution in [2.24, 2.45) is 4.99 Å². The lowest BCUT2D eigenvalue weighted by atomic mass is 10.2. The Morgan fingerprint density at radius 2 is 1.33 bits per heavy atom. The second-order valence-corrected chi connectivity index (χ2v) is 3.48. The van der Waals surface area contributed by atoms with E-state index in [1.807, 2.05) is 48.5 Å². The smallest absolute Gasteiger partial charge is 0.0637 e. The third-order valence-electron chi connectivity index (χ3n) is 2.16. The molecule has 2 aromatic rings. The SMILES string of the molecule is Cc1ccc(N=c2cccccc2)cc1. The molecule has 74 valence electrons. The van der Waals surface area contributed by atoms with Gasteiger partial charge in [0.2, 0.25) is 0 Å². The molecule has 0 heterocycles. The Balaban J connectivity index is 2.43. The molecule has 1 nitrogen and oxygen atoms in total. The Bertz CT molecular complexity index is 476. The molecule has 0 N–H and O–H groups in total. The van der Waals surface area contributed by atoms with Crippen LogP contribution in [0.25, 0.3) is 0 Å². The van der Waals surface area contributed by atoms with E-state index in [4.69, 9.17) is 0 Å². The van der Waals surface area contributed by atoms with Gasteiger partial charge in [-0.1, -0.05) is 42.0 Å². The molecule has 0 aliphatic heterocycles. The Morgan fingerprint density at radius 1 is 0.733 bits per heavy atom. The average molecular weight is 195 g/mol. The molecule has 0 saturated heterocycles. The zero-order valence-electron chi connectivity index (χ0n) is 8.72. The molecule has 0 spiro atoms. The van der Waals surface area contributed by atoms with E-state index >= 15 is 0 Å². The molecule has 0 aromatic heterocycles. The van der Waals surface area contributed by atoms with Crippen LogP contribution in [0.2, 0.25) is 0 Å². The van der Waals surface area contributed by atoms with Crippen LogP contribution in [0.15, 0.2) is 65.7 Å². The van der Waals surface area contributed by atoms with Gasteiger partial charge in [0, 0.05) is 0 Å². The van der Waals surface area contributed by atoms with Crippen molar-refractivity contribution >= 4 is 5.69 Å². The Kier molecular flexibility index (Phi) is 2.93. The Morgan fingerprint density at radius 3 is 1.93 bits per heavy atom. The van der Waals surface area contributed by atoms with E-state index < -0.39 is 0 Å². The van der Waals surface area contributed by atoms with Gasteiger partial charge in [-0.05, 0) is 31.2 Å². The largest absolute Gasteiger partial charge is 0.249 e. The first-order chi connectivity index (χ1) is 7.34. The quantitative estimate of drug-likeness (QED) is 0.662. The van der Waals surface area contributed by atoms with E-state index in [0.717, 1.165) is 11.0 Å². The lowest BCUT2D eigenvalue weighted by molar-refractivity contribution is 1.34. The summed E-state index contributed by atoms with van der Waals surface area (Å²) in [6.07, 6.45) is 0. The van der Waals surface area contributed by atoms with Gasteiger partial charge in [0.25, 0.3) is 0 Å². The maximum Gasteiger partial charge on any atom is 0.0637 e. The number of hydrogen-bond donors (Lipinski definition) is 0. The summed E-state index contributed by atoms with van der Waals surface area (Å²) in [7, 11) is 0. The van der Waals surface area contributed by atoms with Gasteiger partial charge < -0.3 is 0 Å². The second kappa shape index (κ2) is 4.56. The van der Waals surface area contributed by atoms with Crippen molar-refractivity contribution in [3.05, 3.63) is 71.6 Å². The molecule has 15 heavy (non-hydrogen) atoms. The van der Waals surface area contributed by atoms with Gasteiger partial charge in [-0.2, -0.15) is 0 Å². The topological polar surface area (TPSA) is 12.4 Å². The van der Waals surface area contributed by atoms with Gasteiger partial charge >= 0.3 is 0 Å². The summed E-state index contributed by atoms with van der Waals surface area (Å²) in [6.45, 7) is 2.08. The van der Waals surface area contributed by atoms with E-state index in [-0.39, 0.29) is 0 Å². The van der Waals surface area contributed by atoms with Gasteiger partial charge in [-0.3, -0.25) is 0 Å². The molecule has 1 heteroatoms. The van der Waals surface area contributed by atoms with Crippen molar-refractivity contribution in [3.63, 3.8) is 0 Å². The molecular weight excluding hydrogens is 182 g/mol. The molecular formula is C14H13N. The lowest BCUT2D eigenvalue weighted by Gasteiger charge is -1.93. The van der Waals surface area contributed by atoms with Crippen LogP contribution in [-0.4, -0.2) is 0 Å². The Labute approximate surface area is 89.8 Å². The molecule has 0 radical (unpaired) electrons. The zero-order chi connectivity index (χ0) is 10.5. The predicted octanol–water partition coefficient (Wildman–Crippen LogP) is 3.23. The summed E-state index contributed by atoms with van der Waals surface area (Å²) in [5, 5.41) is 0.976. The summed E-state index contributed by atoms with van der Waals surface area (Å²) in [5.41, 5.74) is 2.25. The molecule has 0 unspecified atom stereocenters. The standard InChI is InChI=1S/C14H13N/c1-12-8-10-14(11-9-12)15-13-6-4-2-3-5-7-13/h2-11H,1H3. The van der Waals surface area contributed by atoms with Crippen molar-refractivity contribution in [1.82, 2.24) is 0 Å². The predicted molar refractivity (Wildman–Crippen MR) is 62.8 cm³/mol. The summed E-state index contributed by atoms with van der Waals surface area (Å²) in [5.74, 6) is 0. The van der Waals surface area contributed by atoms with E-state index in [9.17, 15) is 0 Å². The summed E-state index contributed by atoms with van der Waals surface area (Å²) < 4.78 is 0. The second-order valence-electron chi connectivity index (χ2n) is 3.48. The van der Waals surface area contributed by atoms with Crippen LogP contribution >= 0.6 is 0 Å². The van der Waals surface area contributed by atoms with Crippen LogP contribution < -0.4 is 5.36 Å². The third kappa shape index (κ3) is 2.78. The van der Waals surface area contributed by atoms with Gasteiger partial charge in [0.1, 0.15) is 0 Å². The minimum Gasteiger partial charge on any atom is -0.249 e. The molecule has 2 aromatic carbocycles. The first kappa shape index (κ1) is 9.66. The van der Waals surface area contributed by atoms with E-state index in [0.29, 0.717) is 0 Å². The monoisotopic (exact) mass is 195 g/mol. The number of benzene rings is 1. The molecule has 0 aliphatic rings. The number of hydrogen-bond acceptors (Lipinski definition) is 1. The minimum absolute atomic E-state index is 0.976. The van der Waals surface area contributed by atoms with Crippen LogP contribution in [0, 0.1) is 6.92 Å². The van der Waals surface area contributed by atoms with Gasteiger partial charge in [0.15, 0.2) is 0 Å². The first-order valence-corrected chi connectivity index (χ1v) is 5.01. The van der Waals surface area contributed by atoms with Crippen LogP contribution in [0.4, 0.5) is 5.69 Å². The summed E-state index contributed by atoms with van der Waals surface area (Å²) >= 11 is 0. The summed E-state index contributed by atoms with van der Waals surface area (Å²) in [6, 6.07) is 20.2. The number of aryl methyl sites for hydroxylation is 1. The highest BCUT2D eigenvalue weighted by Gasteiger charge is 1.86. The van der Waals surface area contributed by atoms with Crippen molar-refractivity contribution < 1.29 is 0 Å². The Hall–Kier alpha value is -1.89. The van der Waals surface area contributed by atoms with E-state index in [1.165, 1.54) is 5.56 Å². The maximum absolute atomic E-state index is 4.52.